The van der Waals surface area contributed by atoms with Gasteiger partial charge in [-0.3, -0.25) is 9.36 Å². The first-order valence-corrected chi connectivity index (χ1v) is 10.8. The van der Waals surface area contributed by atoms with Crippen LogP contribution in [0.15, 0.2) is 61.4 Å². The Morgan fingerprint density at radius 1 is 0.933 bits per heavy atom. The van der Waals surface area contributed by atoms with Crippen LogP contribution in [0.3, 0.4) is 0 Å². The molecule has 3 aromatic heterocycles. The van der Waals surface area contributed by atoms with Crippen molar-refractivity contribution in [2.75, 3.05) is 5.75 Å². The lowest BCUT2D eigenvalue weighted by molar-refractivity contribution is 0.455. The lowest BCUT2D eigenvalue weighted by atomic mass is 10.1. The van der Waals surface area contributed by atoms with E-state index in [0.717, 1.165) is 58.5 Å². The van der Waals surface area contributed by atoms with E-state index in [-0.39, 0.29) is 6.04 Å². The molecule has 1 N–H and O–H groups in total. The van der Waals surface area contributed by atoms with Crippen LogP contribution in [0.25, 0.3) is 33.6 Å². The van der Waals surface area contributed by atoms with Crippen molar-refractivity contribution in [2.24, 2.45) is 7.05 Å². The van der Waals surface area contributed by atoms with Gasteiger partial charge < -0.3 is 4.55 Å². The van der Waals surface area contributed by atoms with Gasteiger partial charge in [0.05, 0.1) is 12.4 Å². The van der Waals surface area contributed by atoms with E-state index in [4.69, 9.17) is 4.55 Å². The standard InChI is InChI=1S/C22H24N6OS/c1-16(5-4-8-30-29)28-15-21(13-26-28)19-10-23-22(24-11-19)18-7-3-6-17(9-18)20-12-25-27(2)14-20/h3,6-7,9-16,29H,4-5,8H2,1-2H3/t16-/m0/s1. The minimum atomic E-state index is 0.279. The fourth-order valence-electron chi connectivity index (χ4n) is 3.34. The number of hydrogen-bond acceptors (Lipinski definition) is 6. The highest BCUT2D eigenvalue weighted by atomic mass is 32.2. The van der Waals surface area contributed by atoms with Crippen LogP contribution in [-0.4, -0.2) is 39.8 Å². The predicted octanol–water partition coefficient (Wildman–Crippen LogP) is 4.96. The molecule has 0 radical (unpaired) electrons. The summed E-state index contributed by atoms with van der Waals surface area (Å²) in [6, 6.07) is 8.44. The van der Waals surface area contributed by atoms with Gasteiger partial charge in [0.25, 0.3) is 0 Å². The van der Waals surface area contributed by atoms with Crippen LogP contribution in [0.5, 0.6) is 0 Å². The number of rotatable bonds is 8. The number of nitrogens with zero attached hydrogens (tertiary/aromatic N) is 6. The summed E-state index contributed by atoms with van der Waals surface area (Å²) in [4.78, 5) is 9.16. The lowest BCUT2D eigenvalue weighted by Crippen LogP contribution is -2.05. The van der Waals surface area contributed by atoms with Gasteiger partial charge in [0.15, 0.2) is 5.82 Å². The molecular formula is C22H24N6OS. The van der Waals surface area contributed by atoms with Crippen LogP contribution >= 0.6 is 12.0 Å². The molecule has 7 nitrogen and oxygen atoms in total. The number of aryl methyl sites for hydroxylation is 1. The highest BCUT2D eigenvalue weighted by Crippen LogP contribution is 2.26. The Bertz CT molecular complexity index is 1100. The van der Waals surface area contributed by atoms with Gasteiger partial charge in [-0.05, 0) is 43.4 Å². The fraction of sp³-hybridized carbons (Fsp3) is 0.273. The summed E-state index contributed by atoms with van der Waals surface area (Å²) in [5, 5.41) is 8.72. The molecule has 3 heterocycles. The van der Waals surface area contributed by atoms with E-state index in [0.29, 0.717) is 5.82 Å². The molecule has 154 valence electrons. The SMILES string of the molecule is C[C@@H](CCCSO)n1cc(-c2cnc(-c3cccc(-c4cnn(C)c4)c3)nc2)cn1. The predicted molar refractivity (Wildman–Crippen MR) is 120 cm³/mol. The average molecular weight is 421 g/mol. The number of hydrogen-bond donors (Lipinski definition) is 1. The summed E-state index contributed by atoms with van der Waals surface area (Å²) in [5.74, 6) is 1.43. The molecule has 0 bridgehead atoms. The molecule has 0 amide bonds. The number of aromatic nitrogens is 6. The van der Waals surface area contributed by atoms with E-state index in [1.54, 1.807) is 4.68 Å². The third kappa shape index (κ3) is 4.60. The molecule has 0 aliphatic heterocycles. The maximum absolute atomic E-state index is 8.86. The molecule has 0 saturated carbocycles. The second kappa shape index (κ2) is 9.23. The highest BCUT2D eigenvalue weighted by molar-refractivity contribution is 7.93. The first-order valence-electron chi connectivity index (χ1n) is 9.86. The maximum atomic E-state index is 8.86. The van der Waals surface area contributed by atoms with Crippen LogP contribution in [0.2, 0.25) is 0 Å². The molecule has 0 aliphatic carbocycles. The van der Waals surface area contributed by atoms with Crippen molar-refractivity contribution in [3.63, 3.8) is 0 Å². The van der Waals surface area contributed by atoms with Crippen LogP contribution in [0, 0.1) is 0 Å². The third-order valence-corrected chi connectivity index (χ3v) is 5.53. The minimum absolute atomic E-state index is 0.279. The molecule has 0 saturated heterocycles. The zero-order chi connectivity index (χ0) is 20.9. The van der Waals surface area contributed by atoms with Gasteiger partial charge in [-0.25, -0.2) is 9.97 Å². The zero-order valence-corrected chi connectivity index (χ0v) is 17.8. The van der Waals surface area contributed by atoms with E-state index in [2.05, 4.69) is 39.2 Å². The van der Waals surface area contributed by atoms with Crippen molar-refractivity contribution in [3.05, 3.63) is 61.4 Å². The normalized spacial score (nSPS) is 12.2. The Labute approximate surface area is 180 Å². The summed E-state index contributed by atoms with van der Waals surface area (Å²) in [6.07, 6.45) is 13.3. The van der Waals surface area contributed by atoms with Crippen LogP contribution in [0.4, 0.5) is 0 Å². The molecule has 8 heteroatoms. The second-order valence-electron chi connectivity index (χ2n) is 7.31. The third-order valence-electron chi connectivity index (χ3n) is 5.05. The Morgan fingerprint density at radius 2 is 1.67 bits per heavy atom. The molecule has 0 unspecified atom stereocenters. The quantitative estimate of drug-likeness (QED) is 0.321. The van der Waals surface area contributed by atoms with Gasteiger partial charge in [0.2, 0.25) is 0 Å². The summed E-state index contributed by atoms with van der Waals surface area (Å²) in [6.45, 7) is 2.13. The molecule has 30 heavy (non-hydrogen) atoms. The van der Waals surface area contributed by atoms with Crippen LogP contribution < -0.4 is 0 Å². The minimum Gasteiger partial charge on any atom is -0.330 e. The van der Waals surface area contributed by atoms with Gasteiger partial charge >= 0.3 is 0 Å². The van der Waals surface area contributed by atoms with Crippen molar-refractivity contribution in [2.45, 2.75) is 25.8 Å². The summed E-state index contributed by atoms with van der Waals surface area (Å²) < 4.78 is 12.6. The smallest absolute Gasteiger partial charge is 0.159 e. The fourth-order valence-corrected chi connectivity index (χ4v) is 3.63. The average Bonchev–Trinajstić information content (AvgIpc) is 3.44. The summed E-state index contributed by atoms with van der Waals surface area (Å²) in [7, 11) is 1.91. The van der Waals surface area contributed by atoms with Crippen LogP contribution in [-0.2, 0) is 7.05 Å². The summed E-state index contributed by atoms with van der Waals surface area (Å²) in [5.41, 5.74) is 5.05. The first-order chi connectivity index (χ1) is 14.6. The van der Waals surface area contributed by atoms with Crippen molar-refractivity contribution in [3.8, 4) is 33.6 Å². The second-order valence-corrected chi connectivity index (χ2v) is 7.98. The molecule has 0 spiro atoms. The van der Waals surface area contributed by atoms with Gasteiger partial charge in [0, 0.05) is 65.9 Å². The van der Waals surface area contributed by atoms with Gasteiger partial charge in [-0.1, -0.05) is 18.2 Å². The monoisotopic (exact) mass is 420 g/mol. The molecule has 0 aliphatic rings. The molecule has 4 aromatic rings. The Balaban J connectivity index is 1.50. The van der Waals surface area contributed by atoms with E-state index in [9.17, 15) is 0 Å². The molecule has 1 aromatic carbocycles. The first kappa shape index (κ1) is 20.3. The van der Waals surface area contributed by atoms with E-state index in [1.807, 2.05) is 61.0 Å². The summed E-state index contributed by atoms with van der Waals surface area (Å²) >= 11 is 0.891. The maximum Gasteiger partial charge on any atom is 0.159 e. The van der Waals surface area contributed by atoms with E-state index >= 15 is 0 Å². The van der Waals surface area contributed by atoms with E-state index in [1.165, 1.54) is 0 Å². The van der Waals surface area contributed by atoms with Gasteiger partial charge in [-0.15, -0.1) is 0 Å². The molecule has 1 atom stereocenters. The Hall–Kier alpha value is -2.97. The topological polar surface area (TPSA) is 81.6 Å². The zero-order valence-electron chi connectivity index (χ0n) is 17.0. The van der Waals surface area contributed by atoms with Crippen LogP contribution in [0.1, 0.15) is 25.8 Å². The Kier molecular flexibility index (Phi) is 6.25. The lowest BCUT2D eigenvalue weighted by Gasteiger charge is -2.10. The molecule has 0 fully saturated rings. The number of benzene rings is 1. The van der Waals surface area contributed by atoms with Crippen molar-refractivity contribution in [1.29, 1.82) is 0 Å². The van der Waals surface area contributed by atoms with Crippen molar-refractivity contribution in [1.82, 2.24) is 29.5 Å². The Morgan fingerprint density at radius 3 is 2.40 bits per heavy atom. The van der Waals surface area contributed by atoms with Gasteiger partial charge in [-0.2, -0.15) is 10.2 Å². The van der Waals surface area contributed by atoms with Gasteiger partial charge in [0.1, 0.15) is 0 Å². The molecule has 4 rings (SSSR count). The largest absolute Gasteiger partial charge is 0.330 e. The van der Waals surface area contributed by atoms with E-state index < -0.39 is 0 Å². The highest BCUT2D eigenvalue weighted by Gasteiger charge is 2.10. The van der Waals surface area contributed by atoms with Crippen molar-refractivity contribution < 1.29 is 4.55 Å². The van der Waals surface area contributed by atoms with Crippen molar-refractivity contribution >= 4 is 12.0 Å². The molecular weight excluding hydrogens is 396 g/mol.